The molecule has 0 heterocycles. The van der Waals surface area contributed by atoms with Gasteiger partial charge in [-0.25, -0.2) is 0 Å². The molecule has 56 valence electrons. The van der Waals surface area contributed by atoms with Crippen molar-refractivity contribution in [2.24, 2.45) is 0 Å². The third-order valence-electron chi connectivity index (χ3n) is 1.55. The summed E-state index contributed by atoms with van der Waals surface area (Å²) in [4.78, 5) is 0. The number of rotatable bonds is 2. The van der Waals surface area contributed by atoms with Crippen molar-refractivity contribution in [1.82, 2.24) is 0 Å². The van der Waals surface area contributed by atoms with Crippen molar-refractivity contribution in [1.29, 1.82) is 0 Å². The fourth-order valence-electron chi connectivity index (χ4n) is 0.179. The van der Waals surface area contributed by atoms with Crippen LogP contribution in [0.5, 0.6) is 0 Å². The molecule has 0 fully saturated rings. The van der Waals surface area contributed by atoms with Gasteiger partial charge < -0.3 is 0 Å². The van der Waals surface area contributed by atoms with Crippen molar-refractivity contribution in [3.63, 3.8) is 0 Å². The highest BCUT2D eigenvalue weighted by atomic mass is 19.6. The third-order valence-corrected chi connectivity index (χ3v) is 1.55. The monoisotopic (exact) mass is 142 g/mol. The normalized spacial score (nSPS) is 14.0. The van der Waals surface area contributed by atoms with E-state index in [9.17, 15) is 13.4 Å². The summed E-state index contributed by atoms with van der Waals surface area (Å²) in [5.74, 6) is 0. The van der Waals surface area contributed by atoms with Crippen molar-refractivity contribution in [2.45, 2.75) is 32.7 Å². The van der Waals surface area contributed by atoms with Crippen LogP contribution in [0.15, 0.2) is 0 Å². The molecule has 0 amide bonds. The molecule has 0 aromatic rings. The summed E-state index contributed by atoms with van der Waals surface area (Å²) in [5, 5.41) is -3.45. The molecule has 1 nitrogen and oxygen atoms in total. The van der Waals surface area contributed by atoms with Gasteiger partial charge in [-0.3, -0.25) is 0 Å². The topological polar surface area (TPSA) is 0 Å². The van der Waals surface area contributed by atoms with E-state index in [1.54, 1.807) is 0 Å². The lowest BCUT2D eigenvalue weighted by molar-refractivity contribution is -1.30. The maximum Gasteiger partial charge on any atom is 0.249 e. The van der Waals surface area contributed by atoms with Crippen LogP contribution in [0, 0.1) is 0 Å². The Kier molecular flexibility index (Phi) is 2.11. The van der Waals surface area contributed by atoms with Crippen LogP contribution >= 0.6 is 0 Å². The van der Waals surface area contributed by atoms with Gasteiger partial charge in [0.2, 0.25) is 10.7 Å². The first kappa shape index (κ1) is 8.75. The lowest BCUT2D eigenvalue weighted by Gasteiger charge is -2.18. The van der Waals surface area contributed by atoms with Gasteiger partial charge in [-0.15, -0.1) is 0 Å². The van der Waals surface area contributed by atoms with E-state index in [-0.39, 0.29) is 6.42 Å². The van der Waals surface area contributed by atoms with E-state index in [0.717, 1.165) is 0 Å². The van der Waals surface area contributed by atoms with Crippen molar-refractivity contribution >= 4 is 0 Å². The third kappa shape index (κ3) is 1.86. The van der Waals surface area contributed by atoms with Gasteiger partial charge in [-0.1, -0.05) is 6.92 Å². The first-order valence-electron chi connectivity index (χ1n) is 2.79. The van der Waals surface area contributed by atoms with Gasteiger partial charge in [0.05, 0.1) is 13.4 Å². The number of halogens is 3. The summed E-state index contributed by atoms with van der Waals surface area (Å²) < 4.78 is 35.3. The molecule has 0 aromatic carbocycles. The second-order valence-corrected chi connectivity index (χ2v) is 2.61. The van der Waals surface area contributed by atoms with Crippen molar-refractivity contribution in [3.8, 4) is 0 Å². The van der Waals surface area contributed by atoms with Crippen molar-refractivity contribution < 1.29 is 18.6 Å². The van der Waals surface area contributed by atoms with Crippen LogP contribution in [0.3, 0.4) is 0 Å². The second kappa shape index (κ2) is 2.17. The molecular formula is C5H11F3N+. The van der Waals surface area contributed by atoms with Crippen molar-refractivity contribution in [2.75, 3.05) is 0 Å². The Labute approximate surface area is 52.5 Å². The first-order chi connectivity index (χ1) is 3.81. The van der Waals surface area contributed by atoms with E-state index in [1.165, 1.54) is 20.8 Å². The maximum atomic E-state index is 11.8. The number of nitrogens with zero attached hydrogens (tertiary/aromatic N) is 1. The van der Waals surface area contributed by atoms with Crippen LogP contribution in [0.25, 0.3) is 0 Å². The molecule has 0 aliphatic heterocycles. The Bertz CT molecular complexity index is 94.9. The predicted octanol–water partition coefficient (Wildman–Crippen LogP) is 2.65. The van der Waals surface area contributed by atoms with E-state index in [0.29, 0.717) is 0 Å². The zero-order chi connectivity index (χ0) is 7.71. The SMILES string of the molecule is CCC(C)(C)[N+](F)(F)F. The zero-order valence-electron chi connectivity index (χ0n) is 5.79. The van der Waals surface area contributed by atoms with E-state index in [4.69, 9.17) is 0 Å². The Hall–Kier alpha value is -0.250. The summed E-state index contributed by atoms with van der Waals surface area (Å²) in [6.45, 7) is 3.87. The van der Waals surface area contributed by atoms with Gasteiger partial charge in [-0.05, 0) is 0 Å². The van der Waals surface area contributed by atoms with E-state index < -0.39 is 10.7 Å². The highest BCUT2D eigenvalue weighted by molar-refractivity contribution is 4.60. The van der Waals surface area contributed by atoms with Gasteiger partial charge in [0.1, 0.15) is 0 Å². The molecule has 0 aliphatic rings. The molecule has 0 radical (unpaired) electrons. The average molecular weight is 142 g/mol. The molecule has 9 heavy (non-hydrogen) atoms. The van der Waals surface area contributed by atoms with E-state index in [1.807, 2.05) is 0 Å². The molecule has 0 saturated heterocycles. The van der Waals surface area contributed by atoms with Crippen molar-refractivity contribution in [3.05, 3.63) is 0 Å². The molecule has 0 rings (SSSR count). The minimum Gasteiger partial charge on any atom is -0.0590 e. The van der Waals surface area contributed by atoms with Crippen LogP contribution in [-0.4, -0.2) is 10.7 Å². The molecule has 0 N–H and O–H groups in total. The summed E-state index contributed by atoms with van der Waals surface area (Å²) in [7, 11) is 0. The fourth-order valence-corrected chi connectivity index (χ4v) is 0.179. The molecule has 0 saturated carbocycles. The van der Waals surface area contributed by atoms with Gasteiger partial charge in [0.15, 0.2) is 0 Å². The quantitative estimate of drug-likeness (QED) is 0.520. The van der Waals surface area contributed by atoms with Gasteiger partial charge in [-0.2, -0.15) is 0 Å². The highest BCUT2D eigenvalue weighted by Crippen LogP contribution is 2.30. The molecule has 4 heteroatoms. The molecule has 0 unspecified atom stereocenters. The minimum absolute atomic E-state index is 0.108. The van der Waals surface area contributed by atoms with Crippen LogP contribution in [0.1, 0.15) is 27.2 Å². The fraction of sp³-hybridized carbons (Fsp3) is 1.00. The lowest BCUT2D eigenvalue weighted by Crippen LogP contribution is -2.42. The minimum atomic E-state index is -3.45. The molecule has 0 bridgehead atoms. The zero-order valence-corrected chi connectivity index (χ0v) is 5.79. The maximum absolute atomic E-state index is 11.8. The van der Waals surface area contributed by atoms with Gasteiger partial charge in [0.25, 0.3) is 0 Å². The summed E-state index contributed by atoms with van der Waals surface area (Å²) in [6, 6.07) is 0. The predicted molar refractivity (Wildman–Crippen MR) is 28.0 cm³/mol. The van der Waals surface area contributed by atoms with Crippen LogP contribution in [-0.2, 0) is 0 Å². The van der Waals surface area contributed by atoms with Gasteiger partial charge >= 0.3 is 0 Å². The smallest absolute Gasteiger partial charge is 0.0590 e. The van der Waals surface area contributed by atoms with Crippen LogP contribution in [0.4, 0.5) is 13.4 Å². The summed E-state index contributed by atoms with van der Waals surface area (Å²) >= 11 is 0. The largest absolute Gasteiger partial charge is 0.249 e. The standard InChI is InChI=1S/C5H11F3N/c1-4-5(2,3)9(6,7)8/h4H2,1-3H3/q+1. The molecule has 0 spiro atoms. The van der Waals surface area contributed by atoms with Crippen LogP contribution < -0.4 is 0 Å². The Balaban J connectivity index is 4.14. The van der Waals surface area contributed by atoms with Gasteiger partial charge in [0, 0.05) is 20.3 Å². The van der Waals surface area contributed by atoms with E-state index in [2.05, 4.69) is 0 Å². The molecule has 0 aliphatic carbocycles. The summed E-state index contributed by atoms with van der Waals surface area (Å²) in [6.07, 6.45) is 0.108. The Morgan fingerprint density at radius 3 is 1.56 bits per heavy atom. The molecular weight excluding hydrogens is 131 g/mol. The second-order valence-electron chi connectivity index (χ2n) is 2.61. The molecule has 0 aromatic heterocycles. The molecule has 0 atom stereocenters. The Morgan fingerprint density at radius 1 is 1.22 bits per heavy atom. The average Bonchev–Trinajstić information content (AvgIpc) is 1.64. The first-order valence-corrected chi connectivity index (χ1v) is 2.79. The Morgan fingerprint density at radius 2 is 1.56 bits per heavy atom. The highest BCUT2D eigenvalue weighted by Gasteiger charge is 2.50. The summed E-state index contributed by atoms with van der Waals surface area (Å²) in [5.41, 5.74) is -1.58. The number of quaternary nitrogens is 1. The number of hydrogen-bond acceptors (Lipinski definition) is 0. The number of hydrogen-bond donors (Lipinski definition) is 0. The lowest BCUT2D eigenvalue weighted by atomic mass is 10.0. The van der Waals surface area contributed by atoms with Crippen LogP contribution in [0.2, 0.25) is 0 Å². The van der Waals surface area contributed by atoms with E-state index >= 15 is 0 Å².